The highest BCUT2D eigenvalue weighted by molar-refractivity contribution is 6.03. The van der Waals surface area contributed by atoms with E-state index < -0.39 is 17.8 Å². The average Bonchev–Trinajstić information content (AvgIpc) is 2.75. The fourth-order valence-electron chi connectivity index (χ4n) is 4.45. The Hall–Kier alpha value is -3.19. The number of carbonyl (C=O) groups excluding carboxylic acids is 1. The molecule has 7 heteroatoms. The number of aromatic hydroxyl groups is 2. The van der Waals surface area contributed by atoms with Gasteiger partial charge in [-0.2, -0.15) is 0 Å². The maximum Gasteiger partial charge on any atom is 0.174 e. The molecule has 0 aromatic heterocycles. The maximum atomic E-state index is 13.0. The summed E-state index contributed by atoms with van der Waals surface area (Å²) in [6.45, 7) is 5.90. The number of phenols is 2. The predicted molar refractivity (Wildman–Crippen MR) is 122 cm³/mol. The van der Waals surface area contributed by atoms with E-state index in [1.807, 2.05) is 20.8 Å². The van der Waals surface area contributed by atoms with Gasteiger partial charge >= 0.3 is 0 Å². The van der Waals surface area contributed by atoms with Crippen molar-refractivity contribution in [1.82, 2.24) is 0 Å². The summed E-state index contributed by atoms with van der Waals surface area (Å²) in [4.78, 5) is 13.0. The molecular weight excluding hydrogens is 424 g/mol. The van der Waals surface area contributed by atoms with Crippen molar-refractivity contribution in [2.75, 3.05) is 7.11 Å². The van der Waals surface area contributed by atoms with Crippen molar-refractivity contribution in [1.29, 1.82) is 0 Å². The molecule has 0 spiro atoms. The Kier molecular flexibility index (Phi) is 6.01. The minimum atomic E-state index is -0.831. The first-order valence-corrected chi connectivity index (χ1v) is 11.1. The minimum absolute atomic E-state index is 0.00476. The number of aliphatic hydroxyl groups excluding tert-OH is 1. The molecule has 2 aliphatic heterocycles. The lowest BCUT2D eigenvalue weighted by molar-refractivity contribution is -0.0595. The minimum Gasteiger partial charge on any atom is -0.507 e. The van der Waals surface area contributed by atoms with Gasteiger partial charge in [0.1, 0.15) is 34.5 Å². The second-order valence-electron chi connectivity index (χ2n) is 9.19. The Bertz CT molecular complexity index is 1120. The lowest BCUT2D eigenvalue weighted by atomic mass is 9.84. The fourth-order valence-corrected chi connectivity index (χ4v) is 4.45. The van der Waals surface area contributed by atoms with Crippen molar-refractivity contribution in [2.24, 2.45) is 0 Å². The van der Waals surface area contributed by atoms with Crippen LogP contribution in [0, 0.1) is 0 Å². The maximum absolute atomic E-state index is 13.0. The van der Waals surface area contributed by atoms with Gasteiger partial charge in [0.2, 0.25) is 0 Å². The third-order valence-corrected chi connectivity index (χ3v) is 6.46. The summed E-state index contributed by atoms with van der Waals surface area (Å²) in [6.07, 6.45) is 2.24. The zero-order valence-electron chi connectivity index (χ0n) is 19.3. The number of aliphatic hydroxyl groups is 1. The summed E-state index contributed by atoms with van der Waals surface area (Å²) in [5, 5.41) is 31.6. The number of carbonyl (C=O) groups is 1. The van der Waals surface area contributed by atoms with Gasteiger partial charge in [-0.1, -0.05) is 17.7 Å². The number of hydrogen-bond donors (Lipinski definition) is 3. The van der Waals surface area contributed by atoms with Crippen LogP contribution in [0.5, 0.6) is 28.7 Å². The monoisotopic (exact) mass is 454 g/mol. The average molecular weight is 455 g/mol. The zero-order chi connectivity index (χ0) is 23.9. The molecule has 0 fully saturated rings. The highest BCUT2D eigenvalue weighted by Gasteiger charge is 2.43. The molecule has 2 heterocycles. The first-order valence-electron chi connectivity index (χ1n) is 11.1. The highest BCUT2D eigenvalue weighted by atomic mass is 16.5. The van der Waals surface area contributed by atoms with Crippen molar-refractivity contribution < 1.29 is 34.3 Å². The van der Waals surface area contributed by atoms with Crippen LogP contribution in [-0.2, 0) is 6.42 Å². The Labute approximate surface area is 193 Å². The topological polar surface area (TPSA) is 105 Å². The van der Waals surface area contributed by atoms with Crippen LogP contribution >= 0.6 is 0 Å². The van der Waals surface area contributed by atoms with Gasteiger partial charge in [-0.15, -0.1) is 0 Å². The van der Waals surface area contributed by atoms with Crippen molar-refractivity contribution in [3.05, 3.63) is 52.6 Å². The van der Waals surface area contributed by atoms with Gasteiger partial charge in [-0.05, 0) is 51.3 Å². The summed E-state index contributed by atoms with van der Waals surface area (Å²) in [5.74, 6) is 0.470. The molecule has 0 radical (unpaired) electrons. The number of benzene rings is 2. The summed E-state index contributed by atoms with van der Waals surface area (Å²) >= 11 is 0. The summed E-state index contributed by atoms with van der Waals surface area (Å²) in [7, 11) is 1.45. The molecule has 0 amide bonds. The van der Waals surface area contributed by atoms with Gasteiger partial charge in [-0.3, -0.25) is 4.79 Å². The van der Waals surface area contributed by atoms with Crippen LogP contribution in [0.25, 0.3) is 0 Å². The van der Waals surface area contributed by atoms with E-state index in [4.69, 9.17) is 14.2 Å². The standard InChI is InChI=1S/C26H30O7/c1-14(2)6-5-9-26(3)23(29)11-16-20(33-26)13-22-24(25(16)30)18(28)12-19(32-22)15-7-8-17(27)21(10-15)31-4/h6-8,10,13,19,23,27,29-30H,5,9,11-12H2,1-4H3/t19-,23?,26?/m0/s1. The summed E-state index contributed by atoms with van der Waals surface area (Å²) in [5.41, 5.74) is 1.56. The Morgan fingerprint density at radius 3 is 2.67 bits per heavy atom. The molecule has 3 N–H and O–H groups in total. The van der Waals surface area contributed by atoms with Crippen molar-refractivity contribution >= 4 is 5.78 Å². The van der Waals surface area contributed by atoms with E-state index in [9.17, 15) is 20.1 Å². The van der Waals surface area contributed by atoms with E-state index >= 15 is 0 Å². The number of ketones is 1. The van der Waals surface area contributed by atoms with Crippen LogP contribution < -0.4 is 14.2 Å². The number of Topliss-reactive ketones (excluding diaryl/α,β-unsaturated/α-hetero) is 1. The fraction of sp³-hybridized carbons (Fsp3) is 0.423. The van der Waals surface area contributed by atoms with Gasteiger partial charge in [-0.25, -0.2) is 0 Å². The van der Waals surface area contributed by atoms with Crippen LogP contribution in [0.3, 0.4) is 0 Å². The van der Waals surface area contributed by atoms with Crippen LogP contribution in [0.4, 0.5) is 0 Å². The van der Waals surface area contributed by atoms with Gasteiger partial charge in [0.05, 0.1) is 19.6 Å². The van der Waals surface area contributed by atoms with Gasteiger partial charge in [0.15, 0.2) is 17.3 Å². The Balaban J connectivity index is 1.67. The third kappa shape index (κ3) is 4.25. The third-order valence-electron chi connectivity index (χ3n) is 6.46. The highest BCUT2D eigenvalue weighted by Crippen LogP contribution is 2.49. The lowest BCUT2D eigenvalue weighted by Gasteiger charge is -2.41. The second-order valence-corrected chi connectivity index (χ2v) is 9.19. The van der Waals surface area contributed by atoms with Crippen LogP contribution in [-0.4, -0.2) is 39.9 Å². The Morgan fingerprint density at radius 2 is 1.97 bits per heavy atom. The van der Waals surface area contributed by atoms with Crippen molar-refractivity contribution in [3.63, 3.8) is 0 Å². The van der Waals surface area contributed by atoms with Crippen molar-refractivity contribution in [2.45, 2.75) is 64.3 Å². The van der Waals surface area contributed by atoms with Crippen molar-refractivity contribution in [3.8, 4) is 28.7 Å². The number of fused-ring (bicyclic) bond motifs is 2. The number of methoxy groups -OCH3 is 1. The second kappa shape index (κ2) is 8.63. The molecule has 7 nitrogen and oxygen atoms in total. The predicted octanol–water partition coefficient (Wildman–Crippen LogP) is 4.61. The molecule has 0 bridgehead atoms. The van der Waals surface area contributed by atoms with Gasteiger partial charge < -0.3 is 29.5 Å². The summed E-state index contributed by atoms with van der Waals surface area (Å²) < 4.78 is 17.5. The molecule has 0 aliphatic carbocycles. The van der Waals surface area contributed by atoms with E-state index in [0.717, 1.165) is 6.42 Å². The zero-order valence-corrected chi connectivity index (χ0v) is 19.3. The number of phenolic OH excluding ortho intramolecular Hbond substituents is 2. The van der Waals surface area contributed by atoms with Gasteiger partial charge in [0.25, 0.3) is 0 Å². The molecular formula is C26H30O7. The van der Waals surface area contributed by atoms with E-state index in [-0.39, 0.29) is 47.2 Å². The molecule has 0 saturated heterocycles. The van der Waals surface area contributed by atoms with E-state index in [1.165, 1.54) is 18.7 Å². The SMILES string of the molecule is COc1cc([C@@H]2CC(=O)c3c(cc4c(c3O)CC(O)C(C)(CCC=C(C)C)O4)O2)ccc1O. The van der Waals surface area contributed by atoms with Gasteiger partial charge in [0, 0.05) is 18.1 Å². The molecule has 2 aromatic rings. The lowest BCUT2D eigenvalue weighted by Crippen LogP contribution is -2.49. The van der Waals surface area contributed by atoms with Crippen LogP contribution in [0.15, 0.2) is 35.9 Å². The molecule has 3 atom stereocenters. The summed E-state index contributed by atoms with van der Waals surface area (Å²) in [6, 6.07) is 6.43. The molecule has 2 unspecified atom stereocenters. The number of hydrogen-bond acceptors (Lipinski definition) is 7. The van der Waals surface area contributed by atoms with E-state index in [2.05, 4.69) is 6.08 Å². The normalized spacial score (nSPS) is 23.6. The molecule has 2 aliphatic rings. The van der Waals surface area contributed by atoms with Crippen LogP contribution in [0.1, 0.15) is 67.6 Å². The molecule has 176 valence electrons. The smallest absolute Gasteiger partial charge is 0.174 e. The molecule has 2 aromatic carbocycles. The van der Waals surface area contributed by atoms with Crippen LogP contribution in [0.2, 0.25) is 0 Å². The molecule has 4 rings (SSSR count). The first-order chi connectivity index (χ1) is 15.6. The van der Waals surface area contributed by atoms with E-state index in [0.29, 0.717) is 23.3 Å². The molecule has 33 heavy (non-hydrogen) atoms. The largest absolute Gasteiger partial charge is 0.507 e. The number of rotatable bonds is 5. The Morgan fingerprint density at radius 1 is 1.21 bits per heavy atom. The quantitative estimate of drug-likeness (QED) is 0.567. The van der Waals surface area contributed by atoms with E-state index in [1.54, 1.807) is 18.2 Å². The number of ether oxygens (including phenoxy) is 3. The first kappa shape index (κ1) is 23.0. The number of allylic oxidation sites excluding steroid dienone is 2. The molecule has 0 saturated carbocycles.